The first-order valence-electron chi connectivity index (χ1n) is 4.76. The Morgan fingerprint density at radius 2 is 2.62 bits per heavy atom. The van der Waals surface area contributed by atoms with Gasteiger partial charge in [-0.25, -0.2) is 0 Å². The van der Waals surface area contributed by atoms with E-state index >= 15 is 0 Å². The molecule has 1 fully saturated rings. The van der Waals surface area contributed by atoms with Crippen LogP contribution in [-0.4, -0.2) is 24.3 Å². The van der Waals surface area contributed by atoms with Crippen LogP contribution < -0.4 is 5.32 Å². The highest BCUT2D eigenvalue weighted by Crippen LogP contribution is 2.16. The van der Waals surface area contributed by atoms with E-state index in [0.29, 0.717) is 12.3 Å². The van der Waals surface area contributed by atoms with Crippen molar-refractivity contribution in [1.82, 2.24) is 5.32 Å². The van der Waals surface area contributed by atoms with Crippen molar-refractivity contribution >= 4 is 0 Å². The predicted molar refractivity (Wildman–Crippen MR) is 49.4 cm³/mol. The lowest BCUT2D eigenvalue weighted by Gasteiger charge is -2.15. The van der Waals surface area contributed by atoms with E-state index in [1.807, 2.05) is 6.07 Å². The Kier molecular flexibility index (Phi) is 2.66. The molecule has 0 amide bonds. The summed E-state index contributed by atoms with van der Waals surface area (Å²) in [5.74, 6) is 0.412. The molecule has 0 bridgehead atoms. The number of furan rings is 1. The predicted octanol–water partition coefficient (Wildman–Crippen LogP) is 0.792. The molecule has 3 heteroatoms. The number of nitrogens with one attached hydrogen (secondary N) is 1. The Balaban J connectivity index is 1.87. The molecular weight excluding hydrogens is 166 g/mol. The van der Waals surface area contributed by atoms with Crippen molar-refractivity contribution in [3.63, 3.8) is 0 Å². The van der Waals surface area contributed by atoms with E-state index in [-0.39, 0.29) is 6.10 Å². The lowest BCUT2D eigenvalue weighted by Crippen LogP contribution is -2.24. The van der Waals surface area contributed by atoms with Gasteiger partial charge in [-0.1, -0.05) is 0 Å². The van der Waals surface area contributed by atoms with Gasteiger partial charge in [-0.05, 0) is 30.5 Å². The Hall–Kier alpha value is -0.800. The van der Waals surface area contributed by atoms with Gasteiger partial charge in [-0.2, -0.15) is 0 Å². The Bertz CT molecular complexity index is 239. The molecule has 1 aromatic heterocycles. The molecule has 1 saturated heterocycles. The zero-order valence-corrected chi connectivity index (χ0v) is 7.57. The summed E-state index contributed by atoms with van der Waals surface area (Å²) >= 11 is 0. The van der Waals surface area contributed by atoms with Crippen LogP contribution in [0, 0.1) is 5.92 Å². The normalized spacial score (nSPS) is 24.8. The lowest BCUT2D eigenvalue weighted by atomic mass is 9.97. The first kappa shape index (κ1) is 8.78. The van der Waals surface area contributed by atoms with Crippen molar-refractivity contribution in [2.45, 2.75) is 18.9 Å². The SMILES string of the molecule is OC(Cc1ccoc1)[C@H]1CCNC1. The maximum Gasteiger partial charge on any atom is 0.0935 e. The van der Waals surface area contributed by atoms with Gasteiger partial charge in [-0.15, -0.1) is 0 Å². The Morgan fingerprint density at radius 1 is 1.69 bits per heavy atom. The van der Waals surface area contributed by atoms with Gasteiger partial charge in [0.1, 0.15) is 0 Å². The fraction of sp³-hybridized carbons (Fsp3) is 0.600. The zero-order valence-electron chi connectivity index (χ0n) is 7.57. The number of aliphatic hydroxyl groups excluding tert-OH is 1. The minimum atomic E-state index is -0.229. The molecule has 72 valence electrons. The second-order valence-corrected chi connectivity index (χ2v) is 3.66. The van der Waals surface area contributed by atoms with E-state index in [0.717, 1.165) is 25.1 Å². The maximum absolute atomic E-state index is 9.84. The fourth-order valence-corrected chi connectivity index (χ4v) is 1.82. The summed E-state index contributed by atoms with van der Waals surface area (Å²) < 4.78 is 4.95. The average Bonchev–Trinajstić information content (AvgIpc) is 2.74. The average molecular weight is 181 g/mol. The first-order valence-corrected chi connectivity index (χ1v) is 4.76. The third-order valence-electron chi connectivity index (χ3n) is 2.67. The maximum atomic E-state index is 9.84. The Morgan fingerprint density at radius 3 is 3.23 bits per heavy atom. The standard InChI is InChI=1S/C10H15NO2/c12-10(9-1-3-11-6-9)5-8-2-4-13-7-8/h2,4,7,9-12H,1,3,5-6H2/t9-,10?/m0/s1. The quantitative estimate of drug-likeness (QED) is 0.724. The molecule has 1 aromatic rings. The van der Waals surface area contributed by atoms with Crippen molar-refractivity contribution in [3.05, 3.63) is 24.2 Å². The largest absolute Gasteiger partial charge is 0.472 e. The molecule has 3 nitrogen and oxygen atoms in total. The molecule has 0 spiro atoms. The van der Waals surface area contributed by atoms with Gasteiger partial charge < -0.3 is 14.8 Å². The Labute approximate surface area is 77.8 Å². The van der Waals surface area contributed by atoms with E-state index < -0.39 is 0 Å². The van der Waals surface area contributed by atoms with Crippen LogP contribution in [0.25, 0.3) is 0 Å². The van der Waals surface area contributed by atoms with E-state index in [1.54, 1.807) is 12.5 Å². The van der Waals surface area contributed by atoms with Crippen LogP contribution in [0.3, 0.4) is 0 Å². The topological polar surface area (TPSA) is 45.4 Å². The van der Waals surface area contributed by atoms with Gasteiger partial charge in [-0.3, -0.25) is 0 Å². The minimum Gasteiger partial charge on any atom is -0.472 e. The van der Waals surface area contributed by atoms with Crippen molar-refractivity contribution < 1.29 is 9.52 Å². The van der Waals surface area contributed by atoms with Crippen molar-refractivity contribution in [3.8, 4) is 0 Å². The van der Waals surface area contributed by atoms with Crippen LogP contribution in [0.1, 0.15) is 12.0 Å². The number of rotatable bonds is 3. The summed E-state index contributed by atoms with van der Waals surface area (Å²) in [6, 6.07) is 1.91. The van der Waals surface area contributed by atoms with Crippen molar-refractivity contribution in [2.75, 3.05) is 13.1 Å². The molecule has 0 radical (unpaired) electrons. The van der Waals surface area contributed by atoms with Crippen LogP contribution in [0.15, 0.2) is 23.0 Å². The van der Waals surface area contributed by atoms with Crippen molar-refractivity contribution in [2.24, 2.45) is 5.92 Å². The first-order chi connectivity index (χ1) is 6.36. The highest BCUT2D eigenvalue weighted by molar-refractivity contribution is 5.07. The molecule has 0 aromatic carbocycles. The highest BCUT2D eigenvalue weighted by atomic mass is 16.3. The van der Waals surface area contributed by atoms with Gasteiger partial charge in [0, 0.05) is 13.0 Å². The molecular formula is C10H15NO2. The molecule has 13 heavy (non-hydrogen) atoms. The van der Waals surface area contributed by atoms with E-state index in [2.05, 4.69) is 5.32 Å². The monoisotopic (exact) mass is 181 g/mol. The minimum absolute atomic E-state index is 0.229. The van der Waals surface area contributed by atoms with Crippen LogP contribution in [0.2, 0.25) is 0 Å². The van der Waals surface area contributed by atoms with Gasteiger partial charge in [0.05, 0.1) is 18.6 Å². The number of hydrogen-bond donors (Lipinski definition) is 2. The molecule has 2 rings (SSSR count). The molecule has 2 heterocycles. The second-order valence-electron chi connectivity index (χ2n) is 3.66. The summed E-state index contributed by atoms with van der Waals surface area (Å²) in [6.45, 7) is 1.98. The smallest absolute Gasteiger partial charge is 0.0935 e. The zero-order chi connectivity index (χ0) is 9.10. The summed E-state index contributed by atoms with van der Waals surface area (Å²) in [7, 11) is 0. The van der Waals surface area contributed by atoms with Crippen LogP contribution >= 0.6 is 0 Å². The van der Waals surface area contributed by atoms with Crippen LogP contribution in [0.5, 0.6) is 0 Å². The van der Waals surface area contributed by atoms with Gasteiger partial charge in [0.2, 0.25) is 0 Å². The summed E-state index contributed by atoms with van der Waals surface area (Å²) in [5.41, 5.74) is 1.08. The van der Waals surface area contributed by atoms with Crippen LogP contribution in [0.4, 0.5) is 0 Å². The van der Waals surface area contributed by atoms with E-state index in [9.17, 15) is 5.11 Å². The highest BCUT2D eigenvalue weighted by Gasteiger charge is 2.22. The van der Waals surface area contributed by atoms with Gasteiger partial charge in [0.25, 0.3) is 0 Å². The molecule has 0 aliphatic carbocycles. The number of aliphatic hydroxyl groups is 1. The van der Waals surface area contributed by atoms with Gasteiger partial charge in [0.15, 0.2) is 0 Å². The fourth-order valence-electron chi connectivity index (χ4n) is 1.82. The second kappa shape index (κ2) is 3.94. The van der Waals surface area contributed by atoms with E-state index in [1.165, 1.54) is 0 Å². The third kappa shape index (κ3) is 2.11. The summed E-state index contributed by atoms with van der Waals surface area (Å²) in [5, 5.41) is 13.1. The number of hydrogen-bond acceptors (Lipinski definition) is 3. The molecule has 2 N–H and O–H groups in total. The summed E-state index contributed by atoms with van der Waals surface area (Å²) in [6.07, 6.45) is 4.91. The molecule has 1 aliphatic rings. The van der Waals surface area contributed by atoms with Gasteiger partial charge >= 0.3 is 0 Å². The lowest BCUT2D eigenvalue weighted by molar-refractivity contribution is 0.117. The molecule has 1 unspecified atom stereocenters. The molecule has 2 atom stereocenters. The molecule has 0 saturated carbocycles. The van der Waals surface area contributed by atoms with Crippen molar-refractivity contribution in [1.29, 1.82) is 0 Å². The third-order valence-corrected chi connectivity index (χ3v) is 2.67. The van der Waals surface area contributed by atoms with E-state index in [4.69, 9.17) is 4.42 Å². The summed E-state index contributed by atoms with van der Waals surface area (Å²) in [4.78, 5) is 0. The molecule has 1 aliphatic heterocycles. The van der Waals surface area contributed by atoms with Crippen LogP contribution in [-0.2, 0) is 6.42 Å².